The first-order chi connectivity index (χ1) is 7.22. The number of esters is 1. The molecule has 0 spiro atoms. The molecule has 0 aromatic heterocycles. The van der Waals surface area contributed by atoms with Gasteiger partial charge in [-0.2, -0.15) is 5.26 Å². The van der Waals surface area contributed by atoms with Crippen molar-refractivity contribution in [1.82, 2.24) is 0 Å². The van der Waals surface area contributed by atoms with Gasteiger partial charge in [-0.15, -0.1) is 0 Å². The van der Waals surface area contributed by atoms with Crippen LogP contribution in [0.2, 0.25) is 0 Å². The zero-order valence-corrected chi connectivity index (χ0v) is 9.87. The predicted molar refractivity (Wildman–Crippen MR) is 59.5 cm³/mol. The maximum absolute atomic E-state index is 11.2. The number of nitriles is 1. The van der Waals surface area contributed by atoms with Crippen LogP contribution in [0.1, 0.15) is 16.7 Å². The van der Waals surface area contributed by atoms with Crippen LogP contribution in [0.5, 0.6) is 0 Å². The Kier molecular flexibility index (Phi) is 4.32. The van der Waals surface area contributed by atoms with Crippen LogP contribution < -0.4 is 0 Å². The summed E-state index contributed by atoms with van der Waals surface area (Å²) in [5.74, 6) is -0.333. The van der Waals surface area contributed by atoms with Gasteiger partial charge in [-0.3, -0.25) is 4.79 Å². The Morgan fingerprint density at radius 1 is 1.60 bits per heavy atom. The lowest BCUT2D eigenvalue weighted by molar-refractivity contribution is -0.139. The number of carbonyl (C=O) groups is 1. The summed E-state index contributed by atoms with van der Waals surface area (Å²) in [6.45, 7) is 0. The van der Waals surface area contributed by atoms with E-state index < -0.39 is 0 Å². The van der Waals surface area contributed by atoms with Gasteiger partial charge in [0.2, 0.25) is 0 Å². The molecule has 0 bridgehead atoms. The number of carbonyl (C=O) groups excluding carboxylic acids is 1. The minimum atomic E-state index is -0.333. The molecule has 0 heterocycles. The minimum absolute atomic E-state index is 0.140. The van der Waals surface area contributed by atoms with Gasteiger partial charge in [-0.25, -0.2) is 0 Å². The molecular weight excluding hydrogens is 258 g/mol. The maximum Gasteiger partial charge on any atom is 0.310 e. The van der Waals surface area contributed by atoms with Crippen LogP contribution in [0.4, 0.5) is 0 Å². The van der Waals surface area contributed by atoms with Crippen LogP contribution in [0, 0.1) is 11.3 Å². The summed E-state index contributed by atoms with van der Waals surface area (Å²) in [5, 5.41) is 9.53. The van der Waals surface area contributed by atoms with Crippen LogP contribution in [-0.2, 0) is 21.3 Å². The van der Waals surface area contributed by atoms with Crippen LogP contribution in [-0.4, -0.2) is 13.1 Å². The standard InChI is InChI=1S/C11H10BrNO2/c1-15-11(14)5-10-8(6-12)3-2-4-9(10)7-13/h2-4H,5-6H2,1H3. The number of alkyl halides is 1. The Morgan fingerprint density at radius 3 is 2.87 bits per heavy atom. The Balaban J connectivity index is 3.12. The fourth-order valence-corrected chi connectivity index (χ4v) is 1.82. The first-order valence-electron chi connectivity index (χ1n) is 4.36. The summed E-state index contributed by atoms with van der Waals surface area (Å²) in [6, 6.07) is 7.45. The van der Waals surface area contributed by atoms with Gasteiger partial charge in [0.1, 0.15) is 0 Å². The molecule has 0 saturated heterocycles. The summed E-state index contributed by atoms with van der Waals surface area (Å²) in [6.07, 6.45) is 0.140. The summed E-state index contributed by atoms with van der Waals surface area (Å²) in [7, 11) is 1.34. The molecule has 0 aliphatic carbocycles. The summed E-state index contributed by atoms with van der Waals surface area (Å²) in [4.78, 5) is 11.2. The molecule has 3 nitrogen and oxygen atoms in total. The molecule has 1 aromatic rings. The van der Waals surface area contributed by atoms with E-state index in [-0.39, 0.29) is 12.4 Å². The number of rotatable bonds is 3. The molecule has 1 rings (SSSR count). The van der Waals surface area contributed by atoms with Gasteiger partial charge in [-0.05, 0) is 17.2 Å². The van der Waals surface area contributed by atoms with Crippen molar-refractivity contribution in [3.05, 3.63) is 34.9 Å². The highest BCUT2D eigenvalue weighted by Gasteiger charge is 2.11. The third kappa shape index (κ3) is 2.80. The molecule has 0 aliphatic rings. The molecule has 0 amide bonds. The molecule has 4 heteroatoms. The second kappa shape index (κ2) is 5.52. The van der Waals surface area contributed by atoms with Crippen molar-refractivity contribution >= 4 is 21.9 Å². The quantitative estimate of drug-likeness (QED) is 0.623. The lowest BCUT2D eigenvalue weighted by atomic mass is 10.00. The fourth-order valence-electron chi connectivity index (χ4n) is 1.29. The zero-order chi connectivity index (χ0) is 11.3. The van der Waals surface area contributed by atoms with Crippen molar-refractivity contribution in [2.24, 2.45) is 0 Å². The second-order valence-electron chi connectivity index (χ2n) is 2.94. The van der Waals surface area contributed by atoms with Gasteiger partial charge in [0.25, 0.3) is 0 Å². The number of hydrogen-bond donors (Lipinski definition) is 0. The molecule has 0 radical (unpaired) electrons. The van der Waals surface area contributed by atoms with Crippen molar-refractivity contribution in [2.75, 3.05) is 7.11 Å². The maximum atomic E-state index is 11.2. The first-order valence-corrected chi connectivity index (χ1v) is 5.48. The molecule has 78 valence electrons. The third-order valence-corrected chi connectivity index (χ3v) is 2.69. The topological polar surface area (TPSA) is 50.1 Å². The van der Waals surface area contributed by atoms with Crippen molar-refractivity contribution in [2.45, 2.75) is 11.8 Å². The number of benzene rings is 1. The Morgan fingerprint density at radius 2 is 2.33 bits per heavy atom. The van der Waals surface area contributed by atoms with Crippen LogP contribution in [0.3, 0.4) is 0 Å². The molecule has 0 atom stereocenters. The lowest BCUT2D eigenvalue weighted by Crippen LogP contribution is -2.08. The second-order valence-corrected chi connectivity index (χ2v) is 3.50. The average Bonchev–Trinajstić information content (AvgIpc) is 2.29. The normalized spacial score (nSPS) is 9.40. The highest BCUT2D eigenvalue weighted by atomic mass is 79.9. The molecular formula is C11H10BrNO2. The third-order valence-electron chi connectivity index (χ3n) is 2.09. The summed E-state index contributed by atoms with van der Waals surface area (Å²) in [5.41, 5.74) is 2.21. The van der Waals surface area contributed by atoms with Gasteiger partial charge in [-0.1, -0.05) is 28.1 Å². The largest absolute Gasteiger partial charge is 0.469 e. The molecule has 0 fully saturated rings. The molecule has 0 saturated carbocycles. The van der Waals surface area contributed by atoms with E-state index in [1.54, 1.807) is 12.1 Å². The Labute approximate surface area is 96.8 Å². The van der Waals surface area contributed by atoms with Gasteiger partial charge in [0, 0.05) is 5.33 Å². The predicted octanol–water partition coefficient (Wildman–Crippen LogP) is 2.17. The number of methoxy groups -OCH3 is 1. The highest BCUT2D eigenvalue weighted by molar-refractivity contribution is 9.08. The van der Waals surface area contributed by atoms with E-state index in [2.05, 4.69) is 26.7 Å². The van der Waals surface area contributed by atoms with Crippen molar-refractivity contribution in [1.29, 1.82) is 5.26 Å². The number of hydrogen-bond acceptors (Lipinski definition) is 3. The molecule has 0 unspecified atom stereocenters. The monoisotopic (exact) mass is 267 g/mol. The van der Waals surface area contributed by atoms with Crippen molar-refractivity contribution in [3.63, 3.8) is 0 Å². The molecule has 0 N–H and O–H groups in total. The minimum Gasteiger partial charge on any atom is -0.469 e. The first kappa shape index (κ1) is 11.7. The van der Waals surface area contributed by atoms with E-state index in [0.29, 0.717) is 10.9 Å². The number of ether oxygens (including phenoxy) is 1. The summed E-state index contributed by atoms with van der Waals surface area (Å²) < 4.78 is 4.59. The highest BCUT2D eigenvalue weighted by Crippen LogP contribution is 2.18. The van der Waals surface area contributed by atoms with Gasteiger partial charge < -0.3 is 4.74 Å². The van der Waals surface area contributed by atoms with E-state index in [0.717, 1.165) is 11.1 Å². The molecule has 1 aromatic carbocycles. The summed E-state index contributed by atoms with van der Waals surface area (Å²) >= 11 is 3.32. The van der Waals surface area contributed by atoms with Gasteiger partial charge in [0.15, 0.2) is 0 Å². The molecule has 0 aliphatic heterocycles. The number of halogens is 1. The van der Waals surface area contributed by atoms with E-state index in [1.807, 2.05) is 6.07 Å². The Bertz CT molecular complexity index is 410. The van der Waals surface area contributed by atoms with E-state index in [9.17, 15) is 4.79 Å². The van der Waals surface area contributed by atoms with E-state index >= 15 is 0 Å². The molecule has 15 heavy (non-hydrogen) atoms. The number of nitrogens with zero attached hydrogens (tertiary/aromatic N) is 1. The SMILES string of the molecule is COC(=O)Cc1c(C#N)cccc1CBr. The van der Waals surface area contributed by atoms with E-state index in [4.69, 9.17) is 5.26 Å². The van der Waals surface area contributed by atoms with Crippen LogP contribution in [0.25, 0.3) is 0 Å². The zero-order valence-electron chi connectivity index (χ0n) is 8.29. The van der Waals surface area contributed by atoms with Crippen LogP contribution >= 0.6 is 15.9 Å². The Hall–Kier alpha value is -1.34. The van der Waals surface area contributed by atoms with Crippen molar-refractivity contribution < 1.29 is 9.53 Å². The fraction of sp³-hybridized carbons (Fsp3) is 0.273. The van der Waals surface area contributed by atoms with E-state index in [1.165, 1.54) is 7.11 Å². The smallest absolute Gasteiger partial charge is 0.310 e. The van der Waals surface area contributed by atoms with Crippen LogP contribution in [0.15, 0.2) is 18.2 Å². The van der Waals surface area contributed by atoms with Gasteiger partial charge in [0.05, 0.1) is 25.2 Å². The van der Waals surface area contributed by atoms with Crippen molar-refractivity contribution in [3.8, 4) is 6.07 Å². The lowest BCUT2D eigenvalue weighted by Gasteiger charge is -2.07. The van der Waals surface area contributed by atoms with Gasteiger partial charge >= 0.3 is 5.97 Å². The average molecular weight is 268 g/mol.